The van der Waals surface area contributed by atoms with Gasteiger partial charge in [-0.2, -0.15) is 5.10 Å². The second-order valence-corrected chi connectivity index (χ2v) is 5.08. The number of carbonyl (C=O) groups excluding carboxylic acids is 1. The Morgan fingerprint density at radius 2 is 2.39 bits per heavy atom. The molecule has 2 rings (SSSR count). The molecule has 1 saturated heterocycles. The van der Waals surface area contributed by atoms with E-state index in [0.717, 1.165) is 39.0 Å². The van der Waals surface area contributed by atoms with Crippen LogP contribution in [0.3, 0.4) is 0 Å². The van der Waals surface area contributed by atoms with Gasteiger partial charge in [0.2, 0.25) is 5.91 Å². The van der Waals surface area contributed by atoms with Crippen LogP contribution in [-0.4, -0.2) is 46.3 Å². The van der Waals surface area contributed by atoms with Crippen LogP contribution in [-0.2, 0) is 11.3 Å². The number of nitrogens with zero attached hydrogens (tertiary/aromatic N) is 3. The van der Waals surface area contributed by atoms with E-state index in [4.69, 9.17) is 0 Å². The Morgan fingerprint density at radius 1 is 1.56 bits per heavy atom. The van der Waals surface area contributed by atoms with E-state index in [2.05, 4.69) is 17.3 Å². The van der Waals surface area contributed by atoms with Crippen LogP contribution in [0.15, 0.2) is 12.4 Å². The summed E-state index contributed by atoms with van der Waals surface area (Å²) in [6.07, 6.45) is 5.65. The highest BCUT2D eigenvalue weighted by molar-refractivity contribution is 5.78. The predicted molar refractivity (Wildman–Crippen MR) is 70.2 cm³/mol. The molecular formula is C13H22N4O. The number of likely N-dealkylation sites (tertiary alicyclic amines) is 1. The van der Waals surface area contributed by atoms with E-state index in [1.807, 2.05) is 28.9 Å². The molecule has 0 aliphatic carbocycles. The normalized spacial score (nSPS) is 17.4. The molecule has 18 heavy (non-hydrogen) atoms. The van der Waals surface area contributed by atoms with Crippen LogP contribution in [0.2, 0.25) is 0 Å². The molecule has 1 N–H and O–H groups in total. The van der Waals surface area contributed by atoms with Crippen LogP contribution in [0.5, 0.6) is 0 Å². The number of hydrogen-bond acceptors (Lipinski definition) is 3. The van der Waals surface area contributed by atoms with Gasteiger partial charge >= 0.3 is 0 Å². The molecule has 1 atom stereocenters. The Kier molecular flexibility index (Phi) is 4.36. The highest BCUT2D eigenvalue weighted by Crippen LogP contribution is 2.08. The number of aromatic nitrogens is 2. The molecule has 1 aromatic heterocycles. The summed E-state index contributed by atoms with van der Waals surface area (Å²) in [7, 11) is 0. The summed E-state index contributed by atoms with van der Waals surface area (Å²) in [4.78, 5) is 13.4. The van der Waals surface area contributed by atoms with Gasteiger partial charge in [-0.3, -0.25) is 9.48 Å². The van der Waals surface area contributed by atoms with Crippen LogP contribution in [0, 0.1) is 6.92 Å². The minimum atomic E-state index is 0.298. The van der Waals surface area contributed by atoms with Gasteiger partial charge in [-0.15, -0.1) is 0 Å². The maximum atomic E-state index is 11.4. The van der Waals surface area contributed by atoms with Gasteiger partial charge in [-0.25, -0.2) is 0 Å². The van der Waals surface area contributed by atoms with Gasteiger partial charge in [0.15, 0.2) is 0 Å². The fourth-order valence-electron chi connectivity index (χ4n) is 2.30. The van der Waals surface area contributed by atoms with Gasteiger partial charge in [-0.05, 0) is 25.8 Å². The van der Waals surface area contributed by atoms with Gasteiger partial charge in [-0.1, -0.05) is 0 Å². The highest BCUT2D eigenvalue weighted by Gasteiger charge is 2.19. The van der Waals surface area contributed by atoms with E-state index in [0.29, 0.717) is 11.9 Å². The maximum absolute atomic E-state index is 11.4. The molecule has 1 aromatic rings. The third-order valence-corrected chi connectivity index (χ3v) is 3.27. The monoisotopic (exact) mass is 250 g/mol. The van der Waals surface area contributed by atoms with E-state index in [1.165, 1.54) is 5.56 Å². The van der Waals surface area contributed by atoms with Crippen molar-refractivity contribution in [2.75, 3.05) is 19.6 Å². The zero-order valence-electron chi connectivity index (χ0n) is 11.2. The fraction of sp³-hybridized carbons (Fsp3) is 0.692. The van der Waals surface area contributed by atoms with Crippen molar-refractivity contribution in [3.05, 3.63) is 18.0 Å². The molecule has 1 amide bonds. The number of carbonyl (C=O) groups is 1. The molecule has 0 aromatic carbocycles. The summed E-state index contributed by atoms with van der Waals surface area (Å²) in [5.74, 6) is 0.298. The molecule has 0 spiro atoms. The molecule has 1 aliphatic rings. The summed E-state index contributed by atoms with van der Waals surface area (Å²) >= 11 is 0. The third kappa shape index (κ3) is 3.57. The molecule has 1 aliphatic heterocycles. The lowest BCUT2D eigenvalue weighted by molar-refractivity contribution is -0.127. The lowest BCUT2D eigenvalue weighted by Crippen LogP contribution is -2.38. The van der Waals surface area contributed by atoms with Crippen molar-refractivity contribution in [2.24, 2.45) is 0 Å². The van der Waals surface area contributed by atoms with E-state index in [1.54, 1.807) is 0 Å². The van der Waals surface area contributed by atoms with Gasteiger partial charge in [0, 0.05) is 38.3 Å². The Balaban J connectivity index is 1.65. The van der Waals surface area contributed by atoms with E-state index >= 15 is 0 Å². The summed E-state index contributed by atoms with van der Waals surface area (Å²) in [5, 5.41) is 7.70. The van der Waals surface area contributed by atoms with Crippen molar-refractivity contribution in [2.45, 2.75) is 39.3 Å². The fourth-order valence-corrected chi connectivity index (χ4v) is 2.30. The van der Waals surface area contributed by atoms with Crippen LogP contribution in [0.4, 0.5) is 0 Å². The first-order valence-electron chi connectivity index (χ1n) is 6.65. The molecule has 0 saturated carbocycles. The first-order chi connectivity index (χ1) is 8.65. The number of aryl methyl sites for hydroxylation is 1. The summed E-state index contributed by atoms with van der Waals surface area (Å²) in [5.41, 5.74) is 1.19. The first kappa shape index (κ1) is 13.1. The molecule has 0 bridgehead atoms. The zero-order chi connectivity index (χ0) is 13.0. The molecule has 5 nitrogen and oxygen atoms in total. The lowest BCUT2D eigenvalue weighted by atomic mass is 10.3. The average molecular weight is 250 g/mol. The van der Waals surface area contributed by atoms with Crippen molar-refractivity contribution in [1.29, 1.82) is 0 Å². The molecule has 1 fully saturated rings. The summed E-state index contributed by atoms with van der Waals surface area (Å²) in [6, 6.07) is 0.363. The molecule has 2 heterocycles. The van der Waals surface area contributed by atoms with Crippen LogP contribution in [0.25, 0.3) is 0 Å². The standard InChI is InChI=1S/C13H22N4O/c1-11-8-15-17(9-11)10-12(2)14-5-7-16-6-3-4-13(16)18/h8-9,12,14H,3-7,10H2,1-2H3. The van der Waals surface area contributed by atoms with Crippen molar-refractivity contribution in [3.8, 4) is 0 Å². The van der Waals surface area contributed by atoms with Crippen LogP contribution in [0.1, 0.15) is 25.3 Å². The lowest BCUT2D eigenvalue weighted by Gasteiger charge is -2.18. The first-order valence-corrected chi connectivity index (χ1v) is 6.65. The number of hydrogen-bond donors (Lipinski definition) is 1. The number of rotatable bonds is 6. The second-order valence-electron chi connectivity index (χ2n) is 5.08. The molecule has 100 valence electrons. The molecular weight excluding hydrogens is 228 g/mol. The van der Waals surface area contributed by atoms with Crippen LogP contribution < -0.4 is 5.32 Å². The predicted octanol–water partition coefficient (Wildman–Crippen LogP) is 0.792. The van der Waals surface area contributed by atoms with Crippen molar-refractivity contribution < 1.29 is 4.79 Å². The number of nitrogens with one attached hydrogen (secondary N) is 1. The van der Waals surface area contributed by atoms with Gasteiger partial charge < -0.3 is 10.2 Å². The van der Waals surface area contributed by atoms with Gasteiger partial charge in [0.05, 0.1) is 12.7 Å². The van der Waals surface area contributed by atoms with Crippen LogP contribution >= 0.6 is 0 Å². The Morgan fingerprint density at radius 3 is 3.00 bits per heavy atom. The van der Waals surface area contributed by atoms with Gasteiger partial charge in [0.1, 0.15) is 0 Å². The quantitative estimate of drug-likeness (QED) is 0.812. The Bertz CT molecular complexity index is 401. The van der Waals surface area contributed by atoms with E-state index in [9.17, 15) is 4.79 Å². The van der Waals surface area contributed by atoms with E-state index in [-0.39, 0.29) is 0 Å². The Hall–Kier alpha value is -1.36. The molecule has 5 heteroatoms. The smallest absolute Gasteiger partial charge is 0.222 e. The second kappa shape index (κ2) is 6.00. The van der Waals surface area contributed by atoms with Crippen molar-refractivity contribution >= 4 is 5.91 Å². The van der Waals surface area contributed by atoms with E-state index < -0.39 is 0 Å². The summed E-state index contributed by atoms with van der Waals surface area (Å²) in [6.45, 7) is 7.65. The van der Waals surface area contributed by atoms with Crippen molar-refractivity contribution in [3.63, 3.8) is 0 Å². The SMILES string of the molecule is Cc1cnn(CC(C)NCCN2CCCC2=O)c1. The summed E-state index contributed by atoms with van der Waals surface area (Å²) < 4.78 is 1.95. The maximum Gasteiger partial charge on any atom is 0.222 e. The minimum absolute atomic E-state index is 0.298. The zero-order valence-corrected chi connectivity index (χ0v) is 11.2. The minimum Gasteiger partial charge on any atom is -0.341 e. The highest BCUT2D eigenvalue weighted by atomic mass is 16.2. The Labute approximate surface area is 108 Å². The van der Waals surface area contributed by atoms with Crippen molar-refractivity contribution in [1.82, 2.24) is 20.0 Å². The van der Waals surface area contributed by atoms with Gasteiger partial charge in [0.25, 0.3) is 0 Å². The molecule has 0 radical (unpaired) electrons. The average Bonchev–Trinajstić information content (AvgIpc) is 2.89. The molecule has 1 unspecified atom stereocenters. The topological polar surface area (TPSA) is 50.2 Å². The third-order valence-electron chi connectivity index (χ3n) is 3.27. The largest absolute Gasteiger partial charge is 0.341 e. The number of amides is 1.